The zero-order valence-corrected chi connectivity index (χ0v) is 82.1. The van der Waals surface area contributed by atoms with Crippen molar-refractivity contribution in [2.24, 2.45) is 42.5 Å². The number of ether oxygens (including phenoxy) is 6. The minimum Gasteiger partial charge on any atom is -0.481 e. The summed E-state index contributed by atoms with van der Waals surface area (Å²) < 4.78 is 32.4. The number of amidine groups is 2. The molecular formula is C93H116N8O20SZn2-2. The zero-order valence-electron chi connectivity index (χ0n) is 75.3. The SMILES string of the molecule is CC(=O)O.CCC(C)(C)C(=O)OCCSCC(=O)O.CCOC(=O)C1=C(c2ccccc2)C(=Cc2[n-]c(NC(=O)C(C)(C)C)c(C(=O)OCC)c2-c2ccccc2)N=C1NC(=O)C(C)(C)C.CCOC(=O)C1=C(c2ccccc2)C(=Cc2[n-]c(NC(=O)C(C)(C)C)c(C(=O)OCC)c2-c2ccccc2)N=C1NC(=O)C(C)(C)CCOC(=O)C(C)(C)CC.[Zn].[Zn]. The van der Waals surface area contributed by atoms with Gasteiger partial charge in [0.15, 0.2) is 0 Å². The van der Waals surface area contributed by atoms with E-state index in [9.17, 15) is 52.7 Å². The van der Waals surface area contributed by atoms with Crippen molar-refractivity contribution in [3.63, 3.8) is 0 Å². The van der Waals surface area contributed by atoms with Gasteiger partial charge in [-0.1, -0.05) is 211 Å². The Morgan fingerprint density at radius 2 is 0.702 bits per heavy atom. The Kier molecular flexibility index (Phi) is 41.7. The van der Waals surface area contributed by atoms with Gasteiger partial charge in [-0.15, -0.1) is 11.8 Å². The van der Waals surface area contributed by atoms with E-state index >= 15 is 0 Å². The molecule has 0 bridgehead atoms. The summed E-state index contributed by atoms with van der Waals surface area (Å²) in [5.41, 5.74) is 0.812. The third kappa shape index (κ3) is 30.4. The number of aliphatic imine (C=N–C) groups is 2. The quantitative estimate of drug-likeness (QED) is 0.0110. The first-order valence-electron chi connectivity index (χ1n) is 40.2. The van der Waals surface area contributed by atoms with Gasteiger partial charge in [-0.3, -0.25) is 38.4 Å². The van der Waals surface area contributed by atoms with Crippen molar-refractivity contribution in [1.29, 1.82) is 0 Å². The first-order chi connectivity index (χ1) is 57.2. The predicted octanol–water partition coefficient (Wildman–Crippen LogP) is 16.0. The van der Waals surface area contributed by atoms with Crippen molar-refractivity contribution in [3.8, 4) is 22.3 Å². The van der Waals surface area contributed by atoms with Crippen LogP contribution in [0.5, 0.6) is 0 Å². The number of anilines is 2. The minimum atomic E-state index is -1.05. The number of carboxylic acids is 2. The predicted molar refractivity (Wildman–Crippen MR) is 472 cm³/mol. The second-order valence-electron chi connectivity index (χ2n) is 32.9. The molecule has 6 aromatic rings. The van der Waals surface area contributed by atoms with E-state index in [1.807, 2.05) is 113 Å². The molecule has 4 aromatic carbocycles. The molecule has 4 heterocycles. The van der Waals surface area contributed by atoms with Gasteiger partial charge in [0.1, 0.15) is 41.2 Å². The Morgan fingerprint density at radius 3 is 1.01 bits per heavy atom. The zero-order chi connectivity index (χ0) is 91.4. The second kappa shape index (κ2) is 48.3. The molecule has 4 amide bonds. The average Bonchev–Trinajstić information content (AvgIpc) is 1.61. The van der Waals surface area contributed by atoms with Crippen LogP contribution in [-0.4, -0.2) is 144 Å². The smallest absolute Gasteiger partial charge is 0.342 e. The molecule has 2 aliphatic rings. The Bertz CT molecular complexity index is 4980. The number of hydrogen-bond acceptors (Lipinski definition) is 21. The molecule has 8 rings (SSSR count). The Balaban J connectivity index is 0.000000526. The van der Waals surface area contributed by atoms with Crippen LogP contribution in [0.15, 0.2) is 154 Å². The molecule has 31 heteroatoms. The number of aliphatic carboxylic acids is 2. The summed E-state index contributed by atoms with van der Waals surface area (Å²) in [5, 5.41) is 27.1. The van der Waals surface area contributed by atoms with E-state index in [0.29, 0.717) is 68.1 Å². The Morgan fingerprint density at radius 1 is 0.403 bits per heavy atom. The van der Waals surface area contributed by atoms with E-state index in [0.717, 1.165) is 13.3 Å². The van der Waals surface area contributed by atoms with Crippen molar-refractivity contribution >= 4 is 130 Å². The third-order valence-electron chi connectivity index (χ3n) is 18.7. The molecule has 0 saturated heterocycles. The summed E-state index contributed by atoms with van der Waals surface area (Å²) >= 11 is 1.24. The topological polar surface area (TPSA) is 402 Å². The van der Waals surface area contributed by atoms with Crippen LogP contribution in [0, 0.1) is 32.5 Å². The average molecular weight is 1830 g/mol. The van der Waals surface area contributed by atoms with Gasteiger partial charge in [0.05, 0.1) is 72.1 Å². The van der Waals surface area contributed by atoms with Crippen molar-refractivity contribution < 1.29 is 135 Å². The van der Waals surface area contributed by atoms with Crippen molar-refractivity contribution in [2.75, 3.05) is 61.8 Å². The maximum atomic E-state index is 14.0. The fourth-order valence-corrected chi connectivity index (χ4v) is 11.4. The van der Waals surface area contributed by atoms with Crippen LogP contribution >= 0.6 is 11.8 Å². The van der Waals surface area contributed by atoms with Gasteiger partial charge in [0.25, 0.3) is 5.97 Å². The van der Waals surface area contributed by atoms with E-state index in [1.54, 1.807) is 166 Å². The number of carbonyl (C=O) groups excluding carboxylic acids is 10. The van der Waals surface area contributed by atoms with Gasteiger partial charge in [-0.2, -0.15) is 0 Å². The number of thioether (sulfide) groups is 1. The van der Waals surface area contributed by atoms with E-state index in [2.05, 4.69) is 21.3 Å². The van der Waals surface area contributed by atoms with Crippen molar-refractivity contribution in [3.05, 3.63) is 178 Å². The first kappa shape index (κ1) is 107. The normalized spacial score (nSPS) is 13.2. The molecule has 660 valence electrons. The summed E-state index contributed by atoms with van der Waals surface area (Å²) in [5.74, 6) is -5.91. The number of carboxylic acid groups (broad SMARTS) is 2. The number of aromatic nitrogens is 2. The van der Waals surface area contributed by atoms with E-state index < -0.39 is 74.2 Å². The van der Waals surface area contributed by atoms with Crippen LogP contribution in [0.3, 0.4) is 0 Å². The number of carbonyl (C=O) groups is 12. The van der Waals surface area contributed by atoms with Gasteiger partial charge in [0.2, 0.25) is 11.8 Å². The van der Waals surface area contributed by atoms with E-state index in [1.165, 1.54) is 11.8 Å². The number of esters is 6. The molecular weight excluding hydrogens is 1710 g/mol. The molecule has 2 aromatic heterocycles. The van der Waals surface area contributed by atoms with Gasteiger partial charge in [-0.05, 0) is 143 Å². The first-order valence-corrected chi connectivity index (χ1v) is 41.3. The Hall–Kier alpha value is -11.0. The van der Waals surface area contributed by atoms with Crippen LogP contribution in [0.2, 0.25) is 0 Å². The number of benzene rings is 4. The number of allylic oxidation sites excluding steroid dienone is 2. The van der Waals surface area contributed by atoms with Gasteiger partial charge >= 0.3 is 41.8 Å². The summed E-state index contributed by atoms with van der Waals surface area (Å²) in [6.07, 6.45) is 4.77. The second-order valence-corrected chi connectivity index (χ2v) is 34.0. The van der Waals surface area contributed by atoms with Crippen molar-refractivity contribution in [2.45, 2.75) is 172 Å². The van der Waals surface area contributed by atoms with Crippen LogP contribution in [-0.2, 0) is 115 Å². The van der Waals surface area contributed by atoms with Crippen LogP contribution in [0.1, 0.15) is 215 Å². The molecule has 124 heavy (non-hydrogen) atoms. The molecule has 0 saturated carbocycles. The Labute approximate surface area is 756 Å². The monoisotopic (exact) mass is 1820 g/mol. The number of hydrogen-bond donors (Lipinski definition) is 6. The number of rotatable bonds is 29. The molecule has 0 aliphatic carbocycles. The number of nitrogens with zero attached hydrogens (tertiary/aromatic N) is 4. The van der Waals surface area contributed by atoms with E-state index in [-0.39, 0.29) is 177 Å². The van der Waals surface area contributed by atoms with Gasteiger partial charge < -0.3 is 69.9 Å². The van der Waals surface area contributed by atoms with Crippen LogP contribution in [0.4, 0.5) is 11.6 Å². The summed E-state index contributed by atoms with van der Waals surface area (Å²) in [6, 6.07) is 36.4. The molecule has 0 fully saturated rings. The third-order valence-corrected chi connectivity index (χ3v) is 19.6. The molecule has 0 radical (unpaired) electrons. The summed E-state index contributed by atoms with van der Waals surface area (Å²) in [6.45, 7) is 38.8. The summed E-state index contributed by atoms with van der Waals surface area (Å²) in [7, 11) is 0. The molecule has 0 unspecified atom stereocenters. The summed E-state index contributed by atoms with van der Waals surface area (Å²) in [4.78, 5) is 171. The minimum absolute atomic E-state index is 0. The molecule has 0 spiro atoms. The maximum absolute atomic E-state index is 14.0. The molecule has 0 atom stereocenters. The number of amides is 4. The number of nitrogens with one attached hydrogen (secondary N) is 4. The fraction of sp³-hybridized carbons (Fsp3) is 0.419. The van der Waals surface area contributed by atoms with Crippen molar-refractivity contribution in [1.82, 2.24) is 20.6 Å². The molecule has 2 aliphatic heterocycles. The fourth-order valence-electron chi connectivity index (χ4n) is 10.9. The maximum Gasteiger partial charge on any atom is 0.342 e. The standard InChI is InChI=1S/C44H54N4O8.C37H42N4O6.C10H18O4S.C2H4O2.2Zn/c1-11-43(7,8)41(53)56-25-24-44(9,10)40(52)48-36-34(38(50)55-13-3)32(28-22-18-15-19-23-28)30(46-36)26-29-31(27-20-16-14-17-21-27)33(37(49)54-12-2)35(45-29)47-39(51)42(4,5)6;1-9-46-32(42)28-26(22-17-13-11-14-18-22)24(38-30(28)40-34(44)36(3,4)5)21-25-27(23-19-15-12-16-20-23)29(33(43)47-10-2)31(39-25)41-35(45)37(6,7)8;1-4-10(2,3)9(13)14-5-6-15-7-8(11)12;1-2(3)4;;/h14-23,26H,11-13,24-25H2,1-10H3,(H3,45,46,47,48,49,50,51,52);11-21H,9-10H2,1-8H3,(H3,38,39,40,41,42,43,44,45);4-7H2,1-3H3,(H,11,12);1H3,(H,3,4);;/p-2. The van der Waals surface area contributed by atoms with Crippen LogP contribution in [0.25, 0.3) is 45.6 Å². The molecule has 6 N–H and O–H groups in total. The van der Waals surface area contributed by atoms with Crippen LogP contribution < -0.4 is 31.2 Å². The van der Waals surface area contributed by atoms with Gasteiger partial charge in [-0.25, -0.2) is 29.2 Å². The van der Waals surface area contributed by atoms with Gasteiger partial charge in [0, 0.05) is 84.4 Å². The van der Waals surface area contributed by atoms with E-state index in [4.69, 9.17) is 63.4 Å². The molecule has 28 nitrogen and oxygen atoms in total. The largest absolute Gasteiger partial charge is 0.481 e.